The highest BCUT2D eigenvalue weighted by Crippen LogP contribution is 2.30. The number of hydrogen-bond donors (Lipinski definition) is 2. The second-order valence-corrected chi connectivity index (χ2v) is 5.60. The van der Waals surface area contributed by atoms with Gasteiger partial charge in [0, 0.05) is 15.7 Å². The van der Waals surface area contributed by atoms with Crippen molar-refractivity contribution in [2.45, 2.75) is 6.18 Å². The van der Waals surface area contributed by atoms with Crippen molar-refractivity contribution >= 4 is 33.7 Å². The number of nitrogens with one attached hydrogen (secondary N) is 2. The Morgan fingerprint density at radius 2 is 1.92 bits per heavy atom. The highest BCUT2D eigenvalue weighted by atomic mass is 79.9. The first-order chi connectivity index (χ1) is 11.4. The molecule has 2 aromatic carbocycles. The summed E-state index contributed by atoms with van der Waals surface area (Å²) in [6, 6.07) is 11.9. The van der Waals surface area contributed by atoms with Crippen molar-refractivity contribution in [3.05, 3.63) is 64.1 Å². The molecule has 0 aliphatic heterocycles. The van der Waals surface area contributed by atoms with E-state index in [9.17, 15) is 18.0 Å². The standard InChI is InChI=1S/C16H13BrF3N3O/c17-14-7-2-1-4-11(14)9-22-23-15(24)10-21-13-6-3-5-12(8-13)16(18,19)20/h1-9,21H,10H2,(H,23,24). The smallest absolute Gasteiger partial charge is 0.376 e. The highest BCUT2D eigenvalue weighted by molar-refractivity contribution is 9.10. The Morgan fingerprint density at radius 3 is 2.62 bits per heavy atom. The Labute approximate surface area is 144 Å². The Balaban J connectivity index is 1.87. The highest BCUT2D eigenvalue weighted by Gasteiger charge is 2.30. The van der Waals surface area contributed by atoms with Gasteiger partial charge >= 0.3 is 6.18 Å². The van der Waals surface area contributed by atoms with Crippen LogP contribution in [0.1, 0.15) is 11.1 Å². The molecule has 2 rings (SSSR count). The summed E-state index contributed by atoms with van der Waals surface area (Å²) in [6.07, 6.45) is -2.96. The molecule has 2 N–H and O–H groups in total. The van der Waals surface area contributed by atoms with E-state index in [2.05, 4.69) is 31.8 Å². The summed E-state index contributed by atoms with van der Waals surface area (Å²) in [5.41, 5.74) is 2.51. The van der Waals surface area contributed by atoms with Crippen LogP contribution in [-0.4, -0.2) is 18.7 Å². The van der Waals surface area contributed by atoms with E-state index in [1.165, 1.54) is 18.3 Å². The van der Waals surface area contributed by atoms with Crippen LogP contribution in [-0.2, 0) is 11.0 Å². The minimum atomic E-state index is -4.42. The van der Waals surface area contributed by atoms with Gasteiger partial charge in [0.05, 0.1) is 18.3 Å². The number of nitrogens with zero attached hydrogens (tertiary/aromatic N) is 1. The second kappa shape index (κ2) is 7.96. The van der Waals surface area contributed by atoms with Gasteiger partial charge in [0.15, 0.2) is 0 Å². The Morgan fingerprint density at radius 1 is 1.17 bits per heavy atom. The molecule has 0 aliphatic carbocycles. The van der Waals surface area contributed by atoms with Crippen molar-refractivity contribution in [1.29, 1.82) is 0 Å². The van der Waals surface area contributed by atoms with Crippen LogP contribution in [0.15, 0.2) is 58.1 Å². The number of rotatable bonds is 5. The third-order valence-corrected chi connectivity index (χ3v) is 3.66. The molecule has 2 aromatic rings. The summed E-state index contributed by atoms with van der Waals surface area (Å²) in [5.74, 6) is -0.476. The van der Waals surface area contributed by atoms with Gasteiger partial charge in [-0.05, 0) is 24.3 Å². The molecular weight excluding hydrogens is 387 g/mol. The van der Waals surface area contributed by atoms with Gasteiger partial charge in [0.25, 0.3) is 5.91 Å². The molecule has 0 aromatic heterocycles. The first-order valence-electron chi connectivity index (χ1n) is 6.84. The van der Waals surface area contributed by atoms with Gasteiger partial charge in [-0.15, -0.1) is 0 Å². The number of hydrazone groups is 1. The van der Waals surface area contributed by atoms with Crippen LogP contribution in [0.2, 0.25) is 0 Å². The van der Waals surface area contributed by atoms with Gasteiger partial charge in [0.2, 0.25) is 0 Å². The maximum atomic E-state index is 12.6. The van der Waals surface area contributed by atoms with Crippen LogP contribution >= 0.6 is 15.9 Å². The first kappa shape index (κ1) is 18.0. The van der Waals surface area contributed by atoms with Crippen molar-refractivity contribution in [2.75, 3.05) is 11.9 Å². The molecule has 4 nitrogen and oxygen atoms in total. The summed E-state index contributed by atoms with van der Waals surface area (Å²) in [4.78, 5) is 11.7. The summed E-state index contributed by atoms with van der Waals surface area (Å²) in [6.45, 7) is -0.200. The van der Waals surface area contributed by atoms with Crippen molar-refractivity contribution in [2.24, 2.45) is 5.10 Å². The van der Waals surface area contributed by atoms with Crippen LogP contribution in [0, 0.1) is 0 Å². The van der Waals surface area contributed by atoms with Crippen molar-refractivity contribution < 1.29 is 18.0 Å². The Hall–Kier alpha value is -2.35. The molecule has 0 fully saturated rings. The minimum absolute atomic E-state index is 0.200. The van der Waals surface area contributed by atoms with Crippen LogP contribution < -0.4 is 10.7 Å². The lowest BCUT2D eigenvalue weighted by Crippen LogP contribution is -2.26. The van der Waals surface area contributed by atoms with Crippen LogP contribution in [0.5, 0.6) is 0 Å². The molecule has 0 atom stereocenters. The van der Waals surface area contributed by atoms with Crippen molar-refractivity contribution in [3.63, 3.8) is 0 Å². The number of hydrogen-bond acceptors (Lipinski definition) is 3. The lowest BCUT2D eigenvalue weighted by Gasteiger charge is -2.10. The van der Waals surface area contributed by atoms with Crippen LogP contribution in [0.25, 0.3) is 0 Å². The number of alkyl halides is 3. The molecule has 0 spiro atoms. The Bertz CT molecular complexity index is 747. The molecule has 126 valence electrons. The zero-order chi connectivity index (χ0) is 17.6. The number of anilines is 1. The topological polar surface area (TPSA) is 53.5 Å². The van der Waals surface area contributed by atoms with Gasteiger partial charge < -0.3 is 5.32 Å². The van der Waals surface area contributed by atoms with Crippen LogP contribution in [0.4, 0.5) is 18.9 Å². The van der Waals surface area contributed by atoms with E-state index in [4.69, 9.17) is 0 Å². The van der Waals surface area contributed by atoms with E-state index in [1.54, 1.807) is 6.07 Å². The molecule has 1 amide bonds. The largest absolute Gasteiger partial charge is 0.416 e. The third kappa shape index (κ3) is 5.38. The zero-order valence-corrected chi connectivity index (χ0v) is 13.9. The summed E-state index contributed by atoms with van der Waals surface area (Å²) in [5, 5.41) is 6.42. The van der Waals surface area contributed by atoms with E-state index < -0.39 is 17.6 Å². The third-order valence-electron chi connectivity index (χ3n) is 2.94. The quantitative estimate of drug-likeness (QED) is 0.588. The lowest BCUT2D eigenvalue weighted by molar-refractivity contribution is -0.137. The van der Waals surface area contributed by atoms with E-state index in [0.29, 0.717) is 0 Å². The van der Waals surface area contributed by atoms with Gasteiger partial charge in [-0.25, -0.2) is 5.43 Å². The molecule has 0 unspecified atom stereocenters. The first-order valence-corrected chi connectivity index (χ1v) is 7.63. The van der Waals surface area contributed by atoms with Gasteiger partial charge in [-0.3, -0.25) is 4.79 Å². The van der Waals surface area contributed by atoms with Gasteiger partial charge in [-0.2, -0.15) is 18.3 Å². The van der Waals surface area contributed by atoms with Crippen molar-refractivity contribution in [1.82, 2.24) is 5.43 Å². The average Bonchev–Trinajstić information content (AvgIpc) is 2.54. The molecule has 0 saturated heterocycles. The molecule has 0 aliphatic rings. The van der Waals surface area contributed by atoms with Crippen LogP contribution in [0.3, 0.4) is 0 Å². The SMILES string of the molecule is O=C(CNc1cccc(C(F)(F)F)c1)NN=Cc1ccccc1Br. The number of carbonyl (C=O) groups excluding carboxylic acids is 1. The summed E-state index contributed by atoms with van der Waals surface area (Å²) >= 11 is 3.34. The average molecular weight is 400 g/mol. The van der Waals surface area contributed by atoms with Crippen molar-refractivity contribution in [3.8, 4) is 0 Å². The summed E-state index contributed by atoms with van der Waals surface area (Å²) < 4.78 is 38.6. The lowest BCUT2D eigenvalue weighted by atomic mass is 10.2. The molecule has 0 radical (unpaired) electrons. The molecule has 0 saturated carbocycles. The molecule has 0 bridgehead atoms. The predicted octanol–water partition coefficient (Wildman–Crippen LogP) is 4.03. The maximum Gasteiger partial charge on any atom is 0.416 e. The van der Waals surface area contributed by atoms with E-state index in [0.717, 1.165) is 22.2 Å². The van der Waals surface area contributed by atoms with E-state index in [-0.39, 0.29) is 12.2 Å². The maximum absolute atomic E-state index is 12.6. The molecule has 0 heterocycles. The second-order valence-electron chi connectivity index (χ2n) is 4.75. The number of benzene rings is 2. The van der Waals surface area contributed by atoms with Gasteiger partial charge in [0.1, 0.15) is 0 Å². The molecule has 24 heavy (non-hydrogen) atoms. The fourth-order valence-corrected chi connectivity index (χ4v) is 2.17. The fraction of sp³-hybridized carbons (Fsp3) is 0.125. The minimum Gasteiger partial charge on any atom is -0.376 e. The Kier molecular flexibility index (Phi) is 5.97. The number of amides is 1. The summed E-state index contributed by atoms with van der Waals surface area (Å²) in [7, 11) is 0. The normalized spacial score (nSPS) is 11.5. The number of carbonyl (C=O) groups is 1. The van der Waals surface area contributed by atoms with E-state index in [1.807, 2.05) is 18.2 Å². The zero-order valence-electron chi connectivity index (χ0n) is 12.3. The molecular formula is C16H13BrF3N3O. The van der Waals surface area contributed by atoms with E-state index >= 15 is 0 Å². The predicted molar refractivity (Wildman–Crippen MR) is 89.8 cm³/mol. The monoisotopic (exact) mass is 399 g/mol. The number of halogens is 4. The fourth-order valence-electron chi connectivity index (χ4n) is 1.78. The molecule has 8 heteroatoms. The van der Waals surface area contributed by atoms with Gasteiger partial charge in [-0.1, -0.05) is 40.2 Å².